The smallest absolute Gasteiger partial charge is 0.372 e. The molecule has 2 heterocycles. The highest BCUT2D eigenvalue weighted by molar-refractivity contribution is 5.98. The van der Waals surface area contributed by atoms with Crippen LogP contribution in [-0.2, 0) is 13.1 Å². The van der Waals surface area contributed by atoms with Gasteiger partial charge in [-0.15, -0.1) is 0 Å². The average Bonchev–Trinajstić information content (AvgIpc) is 3.14. The number of hydrogen-bond donors (Lipinski definition) is 1. The van der Waals surface area contributed by atoms with E-state index in [1.54, 1.807) is 0 Å². The number of anilines is 3. The molecule has 4 nitrogen and oxygen atoms in total. The number of carbonyl (C=O) groups excluding carboxylic acids is 1. The van der Waals surface area contributed by atoms with Crippen molar-refractivity contribution in [3.8, 4) is 0 Å². The van der Waals surface area contributed by atoms with Gasteiger partial charge in [0, 0.05) is 48.8 Å². The lowest BCUT2D eigenvalue weighted by Gasteiger charge is -2.34. The van der Waals surface area contributed by atoms with Crippen LogP contribution in [0.5, 0.6) is 0 Å². The SMILES string of the molecule is O=C1c2ccc(Nc3ccc(N4CCC(C(F)(F)F)CC4)cc3)cc2CN1Cc1ccccc1. The molecule has 1 fully saturated rings. The van der Waals surface area contributed by atoms with Crippen molar-refractivity contribution in [2.24, 2.45) is 5.92 Å². The van der Waals surface area contributed by atoms with Gasteiger partial charge in [0.15, 0.2) is 0 Å². The molecule has 1 saturated heterocycles. The molecular weight excluding hydrogens is 439 g/mol. The Kier molecular flexibility index (Phi) is 5.94. The predicted octanol–water partition coefficient (Wildman–Crippen LogP) is 6.36. The Labute approximate surface area is 197 Å². The van der Waals surface area contributed by atoms with Crippen LogP contribution in [0.15, 0.2) is 72.8 Å². The molecule has 3 aromatic carbocycles. The molecule has 5 rings (SSSR count). The number of alkyl halides is 3. The molecule has 7 heteroatoms. The van der Waals surface area contributed by atoms with Gasteiger partial charge in [-0.3, -0.25) is 4.79 Å². The summed E-state index contributed by atoms with van der Waals surface area (Å²) in [5.41, 5.74) is 5.55. The third-order valence-corrected chi connectivity index (χ3v) is 6.68. The van der Waals surface area contributed by atoms with E-state index in [9.17, 15) is 18.0 Å². The van der Waals surface area contributed by atoms with E-state index < -0.39 is 12.1 Å². The summed E-state index contributed by atoms with van der Waals surface area (Å²) in [6, 6.07) is 23.5. The van der Waals surface area contributed by atoms with E-state index in [2.05, 4.69) is 5.32 Å². The summed E-state index contributed by atoms with van der Waals surface area (Å²) in [5, 5.41) is 3.37. The minimum Gasteiger partial charge on any atom is -0.372 e. The third kappa shape index (κ3) is 4.74. The first-order chi connectivity index (χ1) is 16.4. The number of hydrogen-bond acceptors (Lipinski definition) is 3. The van der Waals surface area contributed by atoms with Gasteiger partial charge in [0.2, 0.25) is 0 Å². The molecule has 3 aromatic rings. The molecule has 34 heavy (non-hydrogen) atoms. The maximum atomic E-state index is 12.9. The van der Waals surface area contributed by atoms with Gasteiger partial charge in [-0.25, -0.2) is 0 Å². The number of rotatable bonds is 5. The molecule has 0 atom stereocenters. The average molecular weight is 466 g/mol. The summed E-state index contributed by atoms with van der Waals surface area (Å²) in [6.07, 6.45) is -3.82. The van der Waals surface area contributed by atoms with E-state index in [4.69, 9.17) is 0 Å². The molecule has 2 aliphatic rings. The Hall–Kier alpha value is -3.48. The Morgan fingerprint density at radius 2 is 1.56 bits per heavy atom. The fraction of sp³-hybridized carbons (Fsp3) is 0.296. The Morgan fingerprint density at radius 1 is 0.882 bits per heavy atom. The molecule has 0 saturated carbocycles. The normalized spacial score (nSPS) is 16.6. The minimum atomic E-state index is -4.10. The summed E-state index contributed by atoms with van der Waals surface area (Å²) in [4.78, 5) is 16.6. The fourth-order valence-electron chi connectivity index (χ4n) is 4.78. The van der Waals surface area contributed by atoms with Gasteiger partial charge in [0.05, 0.1) is 5.92 Å². The topological polar surface area (TPSA) is 35.6 Å². The molecule has 0 bridgehead atoms. The van der Waals surface area contributed by atoms with Gasteiger partial charge < -0.3 is 15.1 Å². The minimum absolute atomic E-state index is 0.0454. The number of piperidine rings is 1. The van der Waals surface area contributed by atoms with Crippen LogP contribution < -0.4 is 10.2 Å². The van der Waals surface area contributed by atoms with E-state index in [0.717, 1.165) is 33.8 Å². The number of carbonyl (C=O) groups is 1. The zero-order chi connectivity index (χ0) is 23.7. The molecule has 0 spiro atoms. The second-order valence-corrected chi connectivity index (χ2v) is 8.99. The van der Waals surface area contributed by atoms with E-state index in [1.165, 1.54) is 0 Å². The first-order valence-corrected chi connectivity index (χ1v) is 11.5. The first kappa shape index (κ1) is 22.3. The Balaban J connectivity index is 1.21. The molecule has 0 aromatic heterocycles. The molecule has 2 aliphatic heterocycles. The highest BCUT2D eigenvalue weighted by atomic mass is 19.4. The number of fused-ring (bicyclic) bond motifs is 1. The monoisotopic (exact) mass is 465 g/mol. The Bertz CT molecular complexity index is 1150. The lowest BCUT2D eigenvalue weighted by Crippen LogP contribution is -2.38. The van der Waals surface area contributed by atoms with Crippen molar-refractivity contribution in [3.63, 3.8) is 0 Å². The van der Waals surface area contributed by atoms with Crippen LogP contribution in [0.3, 0.4) is 0 Å². The standard InChI is InChI=1S/C27H26F3N3O/c28-27(29,30)21-12-14-32(15-13-21)24-9-6-22(7-10-24)31-23-8-11-25-20(16-23)18-33(26(25)34)17-19-4-2-1-3-5-19/h1-11,16,21,31H,12-15,17-18H2. The molecule has 0 radical (unpaired) electrons. The molecular formula is C27H26F3N3O. The number of amides is 1. The van der Waals surface area contributed by atoms with Crippen LogP contribution in [0, 0.1) is 5.92 Å². The first-order valence-electron chi connectivity index (χ1n) is 11.5. The van der Waals surface area contributed by atoms with E-state index in [1.807, 2.05) is 82.6 Å². The number of benzene rings is 3. The lowest BCUT2D eigenvalue weighted by atomic mass is 9.96. The van der Waals surface area contributed by atoms with Gasteiger partial charge in [0.25, 0.3) is 5.91 Å². The van der Waals surface area contributed by atoms with Gasteiger partial charge in [-0.2, -0.15) is 13.2 Å². The van der Waals surface area contributed by atoms with Crippen LogP contribution in [0.25, 0.3) is 0 Å². The maximum Gasteiger partial charge on any atom is 0.391 e. The number of nitrogens with one attached hydrogen (secondary N) is 1. The summed E-state index contributed by atoms with van der Waals surface area (Å²) in [7, 11) is 0. The van der Waals surface area contributed by atoms with Crippen molar-refractivity contribution < 1.29 is 18.0 Å². The van der Waals surface area contributed by atoms with Crippen LogP contribution >= 0.6 is 0 Å². The fourth-order valence-corrected chi connectivity index (χ4v) is 4.78. The maximum absolute atomic E-state index is 12.9. The molecule has 0 unspecified atom stereocenters. The van der Waals surface area contributed by atoms with Gasteiger partial charge in [-0.1, -0.05) is 30.3 Å². The zero-order valence-electron chi connectivity index (χ0n) is 18.7. The summed E-state index contributed by atoms with van der Waals surface area (Å²) in [6.45, 7) is 1.98. The summed E-state index contributed by atoms with van der Waals surface area (Å²) in [5.74, 6) is -1.15. The van der Waals surface area contributed by atoms with Crippen LogP contribution in [0.4, 0.5) is 30.2 Å². The summed E-state index contributed by atoms with van der Waals surface area (Å²) >= 11 is 0. The Morgan fingerprint density at radius 3 is 2.24 bits per heavy atom. The molecule has 1 N–H and O–H groups in total. The van der Waals surface area contributed by atoms with E-state index in [0.29, 0.717) is 26.2 Å². The highest BCUT2D eigenvalue weighted by Crippen LogP contribution is 2.36. The third-order valence-electron chi connectivity index (χ3n) is 6.68. The summed E-state index contributed by atoms with van der Waals surface area (Å²) < 4.78 is 38.7. The highest BCUT2D eigenvalue weighted by Gasteiger charge is 2.41. The van der Waals surface area contributed by atoms with Crippen molar-refractivity contribution in [2.75, 3.05) is 23.3 Å². The van der Waals surface area contributed by atoms with Crippen LogP contribution in [0.2, 0.25) is 0 Å². The van der Waals surface area contributed by atoms with Crippen molar-refractivity contribution in [1.29, 1.82) is 0 Å². The number of halogens is 3. The second-order valence-electron chi connectivity index (χ2n) is 8.99. The quantitative estimate of drug-likeness (QED) is 0.476. The molecule has 176 valence electrons. The van der Waals surface area contributed by atoms with E-state index >= 15 is 0 Å². The second kappa shape index (κ2) is 9.05. The van der Waals surface area contributed by atoms with Gasteiger partial charge in [0.1, 0.15) is 0 Å². The van der Waals surface area contributed by atoms with Gasteiger partial charge >= 0.3 is 6.18 Å². The molecule has 1 amide bonds. The number of nitrogens with zero attached hydrogens (tertiary/aromatic N) is 2. The van der Waals surface area contributed by atoms with Crippen molar-refractivity contribution in [1.82, 2.24) is 4.90 Å². The van der Waals surface area contributed by atoms with E-state index in [-0.39, 0.29) is 18.7 Å². The van der Waals surface area contributed by atoms with Gasteiger partial charge in [-0.05, 0) is 66.4 Å². The van der Waals surface area contributed by atoms with Crippen LogP contribution in [-0.4, -0.2) is 30.1 Å². The lowest BCUT2D eigenvalue weighted by molar-refractivity contribution is -0.179. The van der Waals surface area contributed by atoms with Crippen molar-refractivity contribution >= 4 is 23.0 Å². The largest absolute Gasteiger partial charge is 0.391 e. The van der Waals surface area contributed by atoms with Crippen molar-refractivity contribution in [3.05, 3.63) is 89.5 Å². The zero-order valence-corrected chi connectivity index (χ0v) is 18.7. The predicted molar refractivity (Wildman–Crippen MR) is 127 cm³/mol. The van der Waals surface area contributed by atoms with Crippen LogP contribution in [0.1, 0.15) is 34.3 Å². The van der Waals surface area contributed by atoms with Crippen molar-refractivity contribution in [2.45, 2.75) is 32.1 Å². The molecule has 0 aliphatic carbocycles.